The number of carboxylic acid groups (broad SMARTS) is 1. The fourth-order valence-electron chi connectivity index (χ4n) is 3.03. The van der Waals surface area contributed by atoms with Crippen molar-refractivity contribution >= 4 is 11.8 Å². The minimum absolute atomic E-state index is 0.0185. The van der Waals surface area contributed by atoms with Gasteiger partial charge in [-0.05, 0) is 25.8 Å². The van der Waals surface area contributed by atoms with Crippen LogP contribution < -0.4 is 4.90 Å². The average Bonchev–Trinajstić information content (AvgIpc) is 2.76. The summed E-state index contributed by atoms with van der Waals surface area (Å²) >= 11 is 0. The first-order chi connectivity index (χ1) is 9.24. The van der Waals surface area contributed by atoms with Gasteiger partial charge in [-0.3, -0.25) is 9.88 Å². The summed E-state index contributed by atoms with van der Waals surface area (Å²) < 4.78 is 0. The Morgan fingerprint density at radius 2 is 2.11 bits per heavy atom. The van der Waals surface area contributed by atoms with E-state index in [2.05, 4.69) is 19.8 Å². The molecule has 1 atom stereocenters. The highest BCUT2D eigenvalue weighted by Crippen LogP contribution is 2.23. The first kappa shape index (κ1) is 12.3. The van der Waals surface area contributed by atoms with Crippen LogP contribution >= 0.6 is 0 Å². The number of anilines is 1. The predicted octanol–water partition coefficient (Wildman–Crippen LogP) is 0.849. The molecular weight excluding hydrogens is 244 g/mol. The molecule has 0 radical (unpaired) electrons. The molecule has 102 valence electrons. The van der Waals surface area contributed by atoms with Crippen LogP contribution in [0.15, 0.2) is 12.4 Å². The van der Waals surface area contributed by atoms with E-state index in [1.165, 1.54) is 25.6 Å². The molecule has 0 aromatic carbocycles. The van der Waals surface area contributed by atoms with Crippen molar-refractivity contribution in [1.29, 1.82) is 0 Å². The van der Waals surface area contributed by atoms with E-state index in [4.69, 9.17) is 5.11 Å². The number of nitrogens with zero attached hydrogens (tertiary/aromatic N) is 4. The lowest BCUT2D eigenvalue weighted by atomic mass is 10.2. The maximum absolute atomic E-state index is 11.0. The van der Waals surface area contributed by atoms with E-state index in [1.807, 2.05) is 0 Å². The Bertz CT molecular complexity index is 479. The molecular formula is C13H18N4O2. The lowest BCUT2D eigenvalue weighted by Gasteiger charge is -2.26. The van der Waals surface area contributed by atoms with Crippen LogP contribution in [0.2, 0.25) is 0 Å². The Balaban J connectivity index is 1.80. The fraction of sp³-hybridized carbons (Fsp3) is 0.615. The lowest BCUT2D eigenvalue weighted by Crippen LogP contribution is -2.37. The first-order valence-electron chi connectivity index (χ1n) is 6.78. The Kier molecular flexibility index (Phi) is 3.33. The quantitative estimate of drug-likeness (QED) is 0.852. The molecule has 19 heavy (non-hydrogen) atoms. The highest BCUT2D eigenvalue weighted by Gasteiger charge is 2.29. The smallest absolute Gasteiger partial charge is 0.356 e. The molecule has 0 saturated carbocycles. The second-order valence-electron chi connectivity index (χ2n) is 5.20. The Morgan fingerprint density at radius 3 is 2.95 bits per heavy atom. The van der Waals surface area contributed by atoms with Crippen LogP contribution in [0.5, 0.6) is 0 Å². The van der Waals surface area contributed by atoms with Gasteiger partial charge in [0.15, 0.2) is 5.69 Å². The Hall–Kier alpha value is -1.69. The normalized spacial score (nSPS) is 24.0. The van der Waals surface area contributed by atoms with Crippen LogP contribution in [0, 0.1) is 0 Å². The standard InChI is InChI=1S/C13H18N4O2/c18-13(19)11-7-14-8-12(15-11)17-6-2-5-16-4-1-3-10(16)9-17/h7-8,10H,1-6,9H2,(H,18,19). The van der Waals surface area contributed by atoms with Gasteiger partial charge in [0.25, 0.3) is 0 Å². The molecule has 3 rings (SSSR count). The second kappa shape index (κ2) is 5.13. The van der Waals surface area contributed by atoms with Crippen molar-refractivity contribution in [2.24, 2.45) is 0 Å². The summed E-state index contributed by atoms with van der Waals surface area (Å²) in [7, 11) is 0. The first-order valence-corrected chi connectivity index (χ1v) is 6.78. The van der Waals surface area contributed by atoms with Crippen molar-refractivity contribution in [3.05, 3.63) is 18.1 Å². The number of hydrogen-bond acceptors (Lipinski definition) is 5. The summed E-state index contributed by atoms with van der Waals surface area (Å²) in [6, 6.07) is 0.581. The Labute approximate surface area is 112 Å². The molecule has 2 aliphatic heterocycles. The third-order valence-electron chi connectivity index (χ3n) is 3.97. The van der Waals surface area contributed by atoms with Crippen molar-refractivity contribution in [3.63, 3.8) is 0 Å². The third-order valence-corrected chi connectivity index (χ3v) is 3.97. The molecule has 1 aromatic rings. The van der Waals surface area contributed by atoms with Gasteiger partial charge in [0.05, 0.1) is 12.4 Å². The van der Waals surface area contributed by atoms with Gasteiger partial charge in [0.1, 0.15) is 5.82 Å². The van der Waals surface area contributed by atoms with E-state index in [0.717, 1.165) is 26.1 Å². The topological polar surface area (TPSA) is 69.6 Å². The van der Waals surface area contributed by atoms with Gasteiger partial charge in [-0.25, -0.2) is 9.78 Å². The molecule has 3 heterocycles. The van der Waals surface area contributed by atoms with Crippen molar-refractivity contribution in [1.82, 2.24) is 14.9 Å². The van der Waals surface area contributed by atoms with Crippen LogP contribution in [0.4, 0.5) is 5.82 Å². The number of hydrogen-bond donors (Lipinski definition) is 1. The van der Waals surface area contributed by atoms with E-state index in [9.17, 15) is 4.79 Å². The Morgan fingerprint density at radius 1 is 1.26 bits per heavy atom. The molecule has 6 heteroatoms. The fourth-order valence-corrected chi connectivity index (χ4v) is 3.03. The summed E-state index contributed by atoms with van der Waals surface area (Å²) in [5.41, 5.74) is 0.0185. The third kappa shape index (κ3) is 2.53. The summed E-state index contributed by atoms with van der Waals surface area (Å²) in [4.78, 5) is 23.9. The summed E-state index contributed by atoms with van der Waals surface area (Å²) in [6.07, 6.45) is 6.54. The number of carbonyl (C=O) groups is 1. The van der Waals surface area contributed by atoms with Gasteiger partial charge < -0.3 is 10.0 Å². The molecule has 0 bridgehead atoms. The monoisotopic (exact) mass is 262 g/mol. The lowest BCUT2D eigenvalue weighted by molar-refractivity contribution is 0.0690. The molecule has 2 fully saturated rings. The summed E-state index contributed by atoms with van der Waals surface area (Å²) in [5.74, 6) is -0.333. The molecule has 1 N–H and O–H groups in total. The van der Waals surface area contributed by atoms with E-state index in [-0.39, 0.29) is 5.69 Å². The highest BCUT2D eigenvalue weighted by molar-refractivity contribution is 5.85. The van der Waals surface area contributed by atoms with Gasteiger partial charge >= 0.3 is 5.97 Å². The van der Waals surface area contributed by atoms with Crippen LogP contribution in [0.3, 0.4) is 0 Å². The molecule has 6 nitrogen and oxygen atoms in total. The van der Waals surface area contributed by atoms with E-state index in [0.29, 0.717) is 11.9 Å². The van der Waals surface area contributed by atoms with Gasteiger partial charge in [-0.15, -0.1) is 0 Å². The van der Waals surface area contributed by atoms with E-state index >= 15 is 0 Å². The van der Waals surface area contributed by atoms with Gasteiger partial charge in [0, 0.05) is 25.7 Å². The maximum Gasteiger partial charge on any atom is 0.356 e. The second-order valence-corrected chi connectivity index (χ2v) is 5.20. The van der Waals surface area contributed by atoms with E-state index < -0.39 is 5.97 Å². The molecule has 2 aliphatic rings. The van der Waals surface area contributed by atoms with Gasteiger partial charge in [-0.1, -0.05) is 0 Å². The van der Waals surface area contributed by atoms with Gasteiger partial charge in [-0.2, -0.15) is 0 Å². The zero-order chi connectivity index (χ0) is 13.2. The zero-order valence-corrected chi connectivity index (χ0v) is 10.8. The number of aromatic carboxylic acids is 1. The van der Waals surface area contributed by atoms with E-state index in [1.54, 1.807) is 6.20 Å². The minimum atomic E-state index is -1.02. The number of fused-ring (bicyclic) bond motifs is 1. The van der Waals surface area contributed by atoms with Crippen LogP contribution in [-0.2, 0) is 0 Å². The van der Waals surface area contributed by atoms with Crippen LogP contribution in [-0.4, -0.2) is 58.2 Å². The highest BCUT2D eigenvalue weighted by atomic mass is 16.4. The molecule has 0 amide bonds. The summed E-state index contributed by atoms with van der Waals surface area (Å²) in [6.45, 7) is 4.18. The van der Waals surface area contributed by atoms with Crippen LogP contribution in [0.1, 0.15) is 29.8 Å². The SMILES string of the molecule is O=C(O)c1cncc(N2CCCN3CCCC3C2)n1. The largest absolute Gasteiger partial charge is 0.476 e. The number of carboxylic acids is 1. The molecule has 1 unspecified atom stereocenters. The van der Waals surface area contributed by atoms with Crippen molar-refractivity contribution in [2.75, 3.05) is 31.1 Å². The zero-order valence-electron chi connectivity index (χ0n) is 10.8. The minimum Gasteiger partial charge on any atom is -0.476 e. The van der Waals surface area contributed by atoms with Crippen molar-refractivity contribution < 1.29 is 9.90 Å². The molecule has 0 aliphatic carbocycles. The van der Waals surface area contributed by atoms with Crippen molar-refractivity contribution in [3.8, 4) is 0 Å². The molecule has 1 aromatic heterocycles. The molecule has 2 saturated heterocycles. The van der Waals surface area contributed by atoms with Crippen molar-refractivity contribution in [2.45, 2.75) is 25.3 Å². The average molecular weight is 262 g/mol. The van der Waals surface area contributed by atoms with Crippen LogP contribution in [0.25, 0.3) is 0 Å². The number of rotatable bonds is 2. The maximum atomic E-state index is 11.0. The molecule has 0 spiro atoms. The predicted molar refractivity (Wildman–Crippen MR) is 70.4 cm³/mol. The number of aromatic nitrogens is 2. The van der Waals surface area contributed by atoms with Gasteiger partial charge in [0.2, 0.25) is 0 Å². The summed E-state index contributed by atoms with van der Waals surface area (Å²) in [5, 5.41) is 8.98.